The number of benzene rings is 1. The number of aryl methyl sites for hydroxylation is 1. The van der Waals surface area contributed by atoms with Gasteiger partial charge in [-0.15, -0.1) is 0 Å². The molecule has 0 radical (unpaired) electrons. The topological polar surface area (TPSA) is 93.1 Å². The van der Waals surface area contributed by atoms with Crippen molar-refractivity contribution in [2.75, 3.05) is 13.7 Å². The van der Waals surface area contributed by atoms with Gasteiger partial charge in [-0.2, -0.15) is 0 Å². The Hall–Kier alpha value is -2.08. The Bertz CT molecular complexity index is 483. The van der Waals surface area contributed by atoms with Crippen LogP contribution < -0.4 is 4.74 Å². The number of carboxylic acids is 1. The van der Waals surface area contributed by atoms with Gasteiger partial charge in [-0.3, -0.25) is 4.79 Å². The predicted octanol–water partition coefficient (Wildman–Crippen LogP) is 1.31. The van der Waals surface area contributed by atoms with E-state index in [2.05, 4.69) is 0 Å². The molecule has 0 spiro atoms. The average Bonchev–Trinajstić information content (AvgIpc) is 2.44. The van der Waals surface area contributed by atoms with Crippen LogP contribution in [0.5, 0.6) is 5.75 Å². The summed E-state index contributed by atoms with van der Waals surface area (Å²) in [6.07, 6.45) is -1.05. The van der Waals surface area contributed by atoms with Crippen molar-refractivity contribution in [1.29, 1.82) is 0 Å². The van der Waals surface area contributed by atoms with Gasteiger partial charge in [-0.25, -0.2) is 4.79 Å². The Balaban J connectivity index is 2.87. The third kappa shape index (κ3) is 4.55. The molecule has 6 nitrogen and oxygen atoms in total. The summed E-state index contributed by atoms with van der Waals surface area (Å²) in [5, 5.41) is 18.4. The molecule has 1 rings (SSSR count). The second-order valence-corrected chi connectivity index (χ2v) is 4.16. The number of carboxylic acid groups (broad SMARTS) is 1. The molecule has 2 N–H and O–H groups in total. The molecule has 6 heteroatoms. The smallest absolute Gasteiger partial charge is 0.337 e. The lowest BCUT2D eigenvalue weighted by molar-refractivity contribution is -0.147. The number of hydrogen-bond donors (Lipinski definition) is 2. The van der Waals surface area contributed by atoms with Crippen molar-refractivity contribution < 1.29 is 29.3 Å². The van der Waals surface area contributed by atoms with E-state index in [1.165, 1.54) is 13.2 Å². The van der Waals surface area contributed by atoms with Crippen LogP contribution in [0.1, 0.15) is 30.6 Å². The molecule has 20 heavy (non-hydrogen) atoms. The zero-order valence-electron chi connectivity index (χ0n) is 11.5. The number of hydrogen-bond acceptors (Lipinski definition) is 5. The molecule has 1 atom stereocenters. The van der Waals surface area contributed by atoms with Crippen LogP contribution in [0, 0.1) is 0 Å². The first kappa shape index (κ1) is 16.0. The van der Waals surface area contributed by atoms with Gasteiger partial charge < -0.3 is 19.7 Å². The number of carbonyl (C=O) groups excluding carboxylic acids is 1. The number of rotatable bonds is 7. The van der Waals surface area contributed by atoms with Crippen LogP contribution in [0.3, 0.4) is 0 Å². The fourth-order valence-electron chi connectivity index (χ4n) is 1.73. The van der Waals surface area contributed by atoms with Crippen LogP contribution in [0.15, 0.2) is 18.2 Å². The van der Waals surface area contributed by atoms with Crippen LogP contribution in [-0.4, -0.2) is 35.9 Å². The second kappa shape index (κ2) is 7.49. The van der Waals surface area contributed by atoms with Gasteiger partial charge in [0, 0.05) is 6.42 Å². The van der Waals surface area contributed by atoms with E-state index >= 15 is 0 Å². The van der Waals surface area contributed by atoms with Crippen LogP contribution >= 0.6 is 0 Å². The number of ether oxygens (including phenoxy) is 2. The molecule has 0 aliphatic rings. The molecule has 0 aromatic heterocycles. The highest BCUT2D eigenvalue weighted by Gasteiger charge is 2.17. The lowest BCUT2D eigenvalue weighted by Crippen LogP contribution is -2.11. The molecule has 0 heterocycles. The van der Waals surface area contributed by atoms with Crippen LogP contribution in [0.25, 0.3) is 0 Å². The molecule has 1 unspecified atom stereocenters. The third-order valence-corrected chi connectivity index (χ3v) is 2.70. The fourth-order valence-corrected chi connectivity index (χ4v) is 1.73. The highest BCUT2D eigenvalue weighted by Crippen LogP contribution is 2.23. The van der Waals surface area contributed by atoms with Crippen molar-refractivity contribution in [2.24, 2.45) is 0 Å². The lowest BCUT2D eigenvalue weighted by atomic mass is 10.0. The molecule has 110 valence electrons. The molecular formula is C14H18O6. The van der Waals surface area contributed by atoms with Crippen LogP contribution in [0.2, 0.25) is 0 Å². The maximum atomic E-state index is 11.3. The number of carbonyl (C=O) groups is 2. The maximum Gasteiger partial charge on any atom is 0.337 e. The second-order valence-electron chi connectivity index (χ2n) is 4.16. The normalized spacial score (nSPS) is 11.8. The molecule has 0 bridgehead atoms. The largest absolute Gasteiger partial charge is 0.497 e. The highest BCUT2D eigenvalue weighted by atomic mass is 16.5. The summed E-state index contributed by atoms with van der Waals surface area (Å²) < 4.78 is 9.88. The van der Waals surface area contributed by atoms with E-state index in [9.17, 15) is 14.7 Å². The summed E-state index contributed by atoms with van der Waals surface area (Å²) in [6, 6.07) is 4.68. The number of methoxy groups -OCH3 is 1. The van der Waals surface area contributed by atoms with Gasteiger partial charge in [-0.05, 0) is 36.6 Å². The maximum absolute atomic E-state index is 11.3. The highest BCUT2D eigenvalue weighted by molar-refractivity contribution is 5.74. The summed E-state index contributed by atoms with van der Waals surface area (Å²) in [5.74, 6) is -1.23. The summed E-state index contributed by atoms with van der Waals surface area (Å²) in [5.41, 5.74) is 0.920. The first-order valence-electron chi connectivity index (χ1n) is 6.22. The summed E-state index contributed by atoms with van der Waals surface area (Å²) in [4.78, 5) is 22.1. The Morgan fingerprint density at radius 1 is 1.30 bits per heavy atom. The molecule has 0 fully saturated rings. The van der Waals surface area contributed by atoms with E-state index < -0.39 is 12.1 Å². The Kier molecular flexibility index (Phi) is 5.99. The van der Waals surface area contributed by atoms with Gasteiger partial charge >= 0.3 is 11.9 Å². The van der Waals surface area contributed by atoms with Gasteiger partial charge in [0.15, 0.2) is 6.10 Å². The molecule has 0 aliphatic carbocycles. The minimum Gasteiger partial charge on any atom is -0.497 e. The van der Waals surface area contributed by atoms with Crippen molar-refractivity contribution in [1.82, 2.24) is 0 Å². The summed E-state index contributed by atoms with van der Waals surface area (Å²) in [6.45, 7) is 2.05. The average molecular weight is 282 g/mol. The molecule has 1 aromatic rings. The van der Waals surface area contributed by atoms with Crippen LogP contribution in [-0.2, 0) is 20.7 Å². The summed E-state index contributed by atoms with van der Waals surface area (Å²) in [7, 11) is 1.45. The van der Waals surface area contributed by atoms with Crippen molar-refractivity contribution >= 4 is 11.9 Å². The van der Waals surface area contributed by atoms with Crippen molar-refractivity contribution in [2.45, 2.75) is 25.9 Å². The molecule has 1 aromatic carbocycles. The first-order chi connectivity index (χ1) is 9.47. The van der Waals surface area contributed by atoms with E-state index in [-0.39, 0.29) is 18.0 Å². The molecule has 0 saturated heterocycles. The van der Waals surface area contributed by atoms with Gasteiger partial charge in [0.25, 0.3) is 0 Å². The molecule has 0 amide bonds. The van der Waals surface area contributed by atoms with Crippen molar-refractivity contribution in [3.8, 4) is 5.75 Å². The molecule has 0 aliphatic heterocycles. The minimum atomic E-state index is -1.62. The predicted molar refractivity (Wildman–Crippen MR) is 70.5 cm³/mol. The summed E-state index contributed by atoms with van der Waals surface area (Å²) >= 11 is 0. The van der Waals surface area contributed by atoms with Gasteiger partial charge in [-0.1, -0.05) is 6.07 Å². The van der Waals surface area contributed by atoms with Crippen molar-refractivity contribution in [3.05, 3.63) is 29.3 Å². The van der Waals surface area contributed by atoms with Crippen LogP contribution in [0.4, 0.5) is 0 Å². The van der Waals surface area contributed by atoms with Gasteiger partial charge in [0.05, 0.1) is 13.7 Å². The number of esters is 1. The number of aliphatic hydroxyl groups is 1. The SMILES string of the molecule is CCOC(=O)CCc1cc(OC)cc(C(O)C(=O)O)c1. The molecular weight excluding hydrogens is 264 g/mol. The lowest BCUT2D eigenvalue weighted by Gasteiger charge is -2.11. The quantitative estimate of drug-likeness (QED) is 0.732. The van der Waals surface area contributed by atoms with Crippen molar-refractivity contribution in [3.63, 3.8) is 0 Å². The first-order valence-corrected chi connectivity index (χ1v) is 6.22. The third-order valence-electron chi connectivity index (χ3n) is 2.70. The standard InChI is InChI=1S/C14H18O6/c1-3-20-12(15)5-4-9-6-10(13(16)14(17)18)8-11(7-9)19-2/h6-8,13,16H,3-5H2,1-2H3,(H,17,18). The zero-order valence-corrected chi connectivity index (χ0v) is 11.5. The van der Waals surface area contributed by atoms with E-state index in [0.29, 0.717) is 24.3 Å². The van der Waals surface area contributed by atoms with Gasteiger partial charge in [0.2, 0.25) is 0 Å². The number of aliphatic carboxylic acids is 1. The Labute approximate surface area is 116 Å². The van der Waals surface area contributed by atoms with E-state index in [0.717, 1.165) is 0 Å². The van der Waals surface area contributed by atoms with E-state index in [1.54, 1.807) is 19.1 Å². The fraction of sp³-hybridized carbons (Fsp3) is 0.429. The number of aliphatic hydroxyl groups excluding tert-OH is 1. The van der Waals surface area contributed by atoms with E-state index in [1.807, 2.05) is 0 Å². The zero-order chi connectivity index (χ0) is 15.1. The van der Waals surface area contributed by atoms with E-state index in [4.69, 9.17) is 14.6 Å². The Morgan fingerprint density at radius 3 is 2.55 bits per heavy atom. The van der Waals surface area contributed by atoms with Gasteiger partial charge in [0.1, 0.15) is 5.75 Å². The molecule has 0 saturated carbocycles. The minimum absolute atomic E-state index is 0.184. The Morgan fingerprint density at radius 2 is 2.00 bits per heavy atom. The monoisotopic (exact) mass is 282 g/mol.